The number of β-amino-alcohol motifs (C(OH)–C–C–N with tert-alkyl or cyclic N) is 1. The summed E-state index contributed by atoms with van der Waals surface area (Å²) in [5, 5.41) is 14.9. The summed E-state index contributed by atoms with van der Waals surface area (Å²) in [6.07, 6.45) is 3.15. The Hall–Kier alpha value is -4.20. The standard InChI is InChI=1S/C35H39N3O4/c1-26(2)32-23-31(42-36-32)18-17-27-11-9-10-16-33(27)41-25-30(39)24-37-19-21-38(22-20-37)35(40)34(28-12-5-3-6-13-28)29-14-7-4-8-15-29/h3-18,23,26,30,34,39H,19-22,24-25H2,1-2H3/b18-17+. The number of rotatable bonds is 11. The number of para-hydroxylation sites is 1. The van der Waals surface area contributed by atoms with Crippen molar-refractivity contribution in [2.45, 2.75) is 31.8 Å². The number of piperazine rings is 1. The number of aromatic nitrogens is 1. The molecule has 0 spiro atoms. The first-order valence-electron chi connectivity index (χ1n) is 14.6. The maximum absolute atomic E-state index is 13.7. The molecule has 4 aromatic rings. The highest BCUT2D eigenvalue weighted by molar-refractivity contribution is 5.87. The van der Waals surface area contributed by atoms with Crippen LogP contribution in [-0.4, -0.2) is 71.4 Å². The van der Waals surface area contributed by atoms with Gasteiger partial charge in [-0.2, -0.15) is 0 Å². The normalized spacial score (nSPS) is 15.0. The van der Waals surface area contributed by atoms with E-state index in [0.717, 1.165) is 22.4 Å². The highest BCUT2D eigenvalue weighted by Gasteiger charge is 2.30. The number of amides is 1. The smallest absolute Gasteiger partial charge is 0.234 e. The Morgan fingerprint density at radius 1 is 0.905 bits per heavy atom. The summed E-state index contributed by atoms with van der Waals surface area (Å²) in [5.41, 5.74) is 3.81. The van der Waals surface area contributed by atoms with Gasteiger partial charge in [-0.3, -0.25) is 9.69 Å². The fourth-order valence-corrected chi connectivity index (χ4v) is 5.21. The summed E-state index contributed by atoms with van der Waals surface area (Å²) in [5.74, 6) is 1.47. The van der Waals surface area contributed by atoms with Gasteiger partial charge in [0.2, 0.25) is 5.91 Å². The first-order chi connectivity index (χ1) is 20.5. The van der Waals surface area contributed by atoms with E-state index in [1.807, 2.05) is 108 Å². The molecule has 218 valence electrons. The fourth-order valence-electron chi connectivity index (χ4n) is 5.21. The SMILES string of the molecule is CC(C)c1cc(/C=C/c2ccccc2OCC(O)CN2CCN(C(=O)C(c3ccccc3)c3ccccc3)CC2)on1. The lowest BCUT2D eigenvalue weighted by Crippen LogP contribution is -2.52. The van der Waals surface area contributed by atoms with Crippen LogP contribution >= 0.6 is 0 Å². The minimum Gasteiger partial charge on any atom is -0.490 e. The van der Waals surface area contributed by atoms with Gasteiger partial charge < -0.3 is 19.3 Å². The van der Waals surface area contributed by atoms with Gasteiger partial charge in [-0.15, -0.1) is 0 Å². The molecule has 1 aliphatic rings. The zero-order valence-corrected chi connectivity index (χ0v) is 24.3. The molecule has 1 N–H and O–H groups in total. The molecular weight excluding hydrogens is 526 g/mol. The number of aliphatic hydroxyl groups excluding tert-OH is 1. The predicted octanol–water partition coefficient (Wildman–Crippen LogP) is 5.68. The van der Waals surface area contributed by atoms with Crippen molar-refractivity contribution in [2.75, 3.05) is 39.3 Å². The molecule has 0 bridgehead atoms. The van der Waals surface area contributed by atoms with Crippen LogP contribution in [0.1, 0.15) is 53.8 Å². The van der Waals surface area contributed by atoms with Crippen LogP contribution in [0.5, 0.6) is 5.75 Å². The van der Waals surface area contributed by atoms with E-state index >= 15 is 0 Å². The Balaban J connectivity index is 1.13. The lowest BCUT2D eigenvalue weighted by Gasteiger charge is -2.37. The molecule has 5 rings (SSSR count). The fraction of sp³-hybridized carbons (Fsp3) is 0.314. The quantitative estimate of drug-likeness (QED) is 0.252. The van der Waals surface area contributed by atoms with Gasteiger partial charge >= 0.3 is 0 Å². The van der Waals surface area contributed by atoms with Gasteiger partial charge in [0.25, 0.3) is 0 Å². The van der Waals surface area contributed by atoms with Crippen LogP contribution in [0.2, 0.25) is 0 Å². The number of aliphatic hydroxyl groups is 1. The van der Waals surface area contributed by atoms with Crippen LogP contribution < -0.4 is 4.74 Å². The molecule has 1 amide bonds. The maximum Gasteiger partial charge on any atom is 0.234 e. The van der Waals surface area contributed by atoms with Crippen LogP contribution in [0.15, 0.2) is 95.5 Å². The molecular formula is C35H39N3O4. The summed E-state index contributed by atoms with van der Waals surface area (Å²) < 4.78 is 11.4. The molecule has 1 aliphatic heterocycles. The van der Waals surface area contributed by atoms with E-state index in [4.69, 9.17) is 9.26 Å². The Morgan fingerprint density at radius 3 is 2.14 bits per heavy atom. The molecule has 1 fully saturated rings. The average Bonchev–Trinajstić information content (AvgIpc) is 3.51. The lowest BCUT2D eigenvalue weighted by molar-refractivity contribution is -0.133. The van der Waals surface area contributed by atoms with E-state index in [1.54, 1.807) is 0 Å². The topological polar surface area (TPSA) is 79.0 Å². The van der Waals surface area contributed by atoms with Gasteiger partial charge in [-0.05, 0) is 35.3 Å². The van der Waals surface area contributed by atoms with Gasteiger partial charge in [0, 0.05) is 44.4 Å². The third kappa shape index (κ3) is 7.55. The maximum atomic E-state index is 13.7. The summed E-state index contributed by atoms with van der Waals surface area (Å²) in [7, 11) is 0. The third-order valence-electron chi connectivity index (χ3n) is 7.58. The molecule has 0 aliphatic carbocycles. The summed E-state index contributed by atoms with van der Waals surface area (Å²) >= 11 is 0. The van der Waals surface area contributed by atoms with Gasteiger partial charge in [0.05, 0.1) is 11.6 Å². The number of benzene rings is 3. The zero-order valence-electron chi connectivity index (χ0n) is 24.3. The van der Waals surface area contributed by atoms with E-state index in [9.17, 15) is 9.90 Å². The second-order valence-electron chi connectivity index (χ2n) is 11.0. The monoisotopic (exact) mass is 565 g/mol. The Morgan fingerprint density at radius 2 is 1.52 bits per heavy atom. The summed E-state index contributed by atoms with van der Waals surface area (Å²) in [4.78, 5) is 17.9. The van der Waals surface area contributed by atoms with Gasteiger partial charge in [0.15, 0.2) is 5.76 Å². The molecule has 0 saturated carbocycles. The van der Waals surface area contributed by atoms with Crippen molar-refractivity contribution in [3.8, 4) is 5.75 Å². The highest BCUT2D eigenvalue weighted by atomic mass is 16.5. The van der Waals surface area contributed by atoms with Crippen molar-refractivity contribution in [3.05, 3.63) is 119 Å². The number of carbonyl (C=O) groups excluding carboxylic acids is 1. The molecule has 1 saturated heterocycles. The van der Waals surface area contributed by atoms with Crippen LogP contribution in [-0.2, 0) is 4.79 Å². The molecule has 1 aromatic heterocycles. The van der Waals surface area contributed by atoms with Crippen molar-refractivity contribution in [3.63, 3.8) is 0 Å². The van der Waals surface area contributed by atoms with Crippen molar-refractivity contribution >= 4 is 18.1 Å². The first-order valence-corrected chi connectivity index (χ1v) is 14.6. The lowest BCUT2D eigenvalue weighted by atomic mass is 9.90. The molecule has 0 radical (unpaired) electrons. The minimum absolute atomic E-state index is 0.117. The van der Waals surface area contributed by atoms with Crippen molar-refractivity contribution in [2.24, 2.45) is 0 Å². The van der Waals surface area contributed by atoms with Gasteiger partial charge in [-0.25, -0.2) is 0 Å². The van der Waals surface area contributed by atoms with E-state index in [1.165, 1.54) is 0 Å². The Kier molecular flexibility index (Phi) is 9.85. The predicted molar refractivity (Wildman–Crippen MR) is 165 cm³/mol. The van der Waals surface area contributed by atoms with E-state index in [-0.39, 0.29) is 18.4 Å². The third-order valence-corrected chi connectivity index (χ3v) is 7.58. The van der Waals surface area contributed by atoms with Crippen LogP contribution in [0.4, 0.5) is 0 Å². The average molecular weight is 566 g/mol. The van der Waals surface area contributed by atoms with Crippen LogP contribution in [0.25, 0.3) is 12.2 Å². The number of carbonyl (C=O) groups is 1. The molecule has 7 heteroatoms. The minimum atomic E-state index is -0.659. The second kappa shape index (κ2) is 14.1. The van der Waals surface area contributed by atoms with Crippen molar-refractivity contribution in [1.29, 1.82) is 0 Å². The highest BCUT2D eigenvalue weighted by Crippen LogP contribution is 2.27. The molecule has 2 heterocycles. The first kappa shape index (κ1) is 29.3. The second-order valence-corrected chi connectivity index (χ2v) is 11.0. The number of ether oxygens (including phenoxy) is 1. The molecule has 7 nitrogen and oxygen atoms in total. The van der Waals surface area contributed by atoms with Crippen LogP contribution in [0, 0.1) is 0 Å². The largest absolute Gasteiger partial charge is 0.490 e. The Labute approximate surface area is 248 Å². The van der Waals surface area contributed by atoms with Crippen molar-refractivity contribution in [1.82, 2.24) is 15.0 Å². The van der Waals surface area contributed by atoms with E-state index in [2.05, 4.69) is 23.9 Å². The number of hydrogen-bond acceptors (Lipinski definition) is 6. The number of hydrogen-bond donors (Lipinski definition) is 1. The molecule has 42 heavy (non-hydrogen) atoms. The molecule has 1 atom stereocenters. The van der Waals surface area contributed by atoms with E-state index in [0.29, 0.717) is 50.2 Å². The van der Waals surface area contributed by atoms with Crippen molar-refractivity contribution < 1.29 is 19.2 Å². The van der Waals surface area contributed by atoms with Gasteiger partial charge in [-0.1, -0.05) is 97.9 Å². The summed E-state index contributed by atoms with van der Waals surface area (Å²) in [6.45, 7) is 7.46. The Bertz CT molecular complexity index is 1400. The van der Waals surface area contributed by atoms with Crippen LogP contribution in [0.3, 0.4) is 0 Å². The molecule has 1 unspecified atom stereocenters. The molecule has 3 aromatic carbocycles. The summed E-state index contributed by atoms with van der Waals surface area (Å²) in [6, 6.07) is 29.6. The van der Waals surface area contributed by atoms with Gasteiger partial charge in [0.1, 0.15) is 18.5 Å². The zero-order chi connectivity index (χ0) is 29.3. The van der Waals surface area contributed by atoms with E-state index < -0.39 is 6.10 Å². The number of nitrogens with zero attached hydrogens (tertiary/aromatic N) is 3.